The van der Waals surface area contributed by atoms with E-state index in [1.807, 2.05) is 6.92 Å². The largest absolute Gasteiger partial charge is 0.396 e. The van der Waals surface area contributed by atoms with Gasteiger partial charge in [-0.25, -0.2) is 0 Å². The van der Waals surface area contributed by atoms with E-state index in [0.717, 1.165) is 0 Å². The molecule has 2 unspecified atom stereocenters. The smallest absolute Gasteiger partial charge is 0.141 e. The van der Waals surface area contributed by atoms with E-state index in [1.54, 1.807) is 0 Å². The quantitative estimate of drug-likeness (QED) is 0.738. The molecule has 0 rings (SSSR count). The highest BCUT2D eigenvalue weighted by Gasteiger charge is 2.41. The predicted molar refractivity (Wildman–Crippen MR) is 63.7 cm³/mol. The Bertz CT molecular complexity index is 209. The molecule has 0 saturated heterocycles. The molecule has 2 heteroatoms. The van der Waals surface area contributed by atoms with Crippen molar-refractivity contribution in [3.63, 3.8) is 0 Å². The molecule has 1 N–H and O–H groups in total. The molecule has 0 fully saturated rings. The molecule has 0 aromatic carbocycles. The van der Waals surface area contributed by atoms with Crippen LogP contribution in [0.1, 0.15) is 48.0 Å². The van der Waals surface area contributed by atoms with Crippen molar-refractivity contribution >= 4 is 5.78 Å². The van der Waals surface area contributed by atoms with E-state index >= 15 is 0 Å². The number of hydrogen-bond donors (Lipinski definition) is 1. The highest BCUT2D eigenvalue weighted by Crippen LogP contribution is 2.41. The van der Waals surface area contributed by atoms with Gasteiger partial charge in [0.25, 0.3) is 0 Å². The van der Waals surface area contributed by atoms with E-state index in [4.69, 9.17) is 5.11 Å². The van der Waals surface area contributed by atoms with Crippen molar-refractivity contribution in [1.29, 1.82) is 0 Å². The van der Waals surface area contributed by atoms with Crippen LogP contribution in [0.3, 0.4) is 0 Å². The van der Waals surface area contributed by atoms with Gasteiger partial charge in [-0.1, -0.05) is 41.5 Å². The summed E-state index contributed by atoms with van der Waals surface area (Å²) in [4.78, 5) is 12.1. The standard InChI is InChI=1S/C13H26O2/c1-9(2)11(5)13(6,10(3)4)12(15)7-8-14/h9-11,14H,7-8H2,1-6H3. The van der Waals surface area contributed by atoms with Gasteiger partial charge in [-0.05, 0) is 17.8 Å². The molecule has 0 radical (unpaired) electrons. The van der Waals surface area contributed by atoms with Crippen LogP contribution in [0, 0.1) is 23.2 Å². The molecular weight excluding hydrogens is 188 g/mol. The molecular formula is C13H26O2. The maximum atomic E-state index is 12.1. The van der Waals surface area contributed by atoms with Crippen molar-refractivity contribution in [2.45, 2.75) is 48.0 Å². The summed E-state index contributed by atoms with van der Waals surface area (Å²) >= 11 is 0. The Morgan fingerprint density at radius 3 is 1.93 bits per heavy atom. The molecule has 0 aliphatic heterocycles. The summed E-state index contributed by atoms with van der Waals surface area (Å²) in [6.45, 7) is 12.6. The van der Waals surface area contributed by atoms with Gasteiger partial charge >= 0.3 is 0 Å². The summed E-state index contributed by atoms with van der Waals surface area (Å²) in [6.07, 6.45) is 0.283. The van der Waals surface area contributed by atoms with E-state index in [1.165, 1.54) is 0 Å². The molecule has 0 aromatic rings. The molecule has 0 bridgehead atoms. The van der Waals surface area contributed by atoms with Gasteiger partial charge in [0.05, 0.1) is 0 Å². The van der Waals surface area contributed by atoms with Crippen molar-refractivity contribution in [2.75, 3.05) is 6.61 Å². The van der Waals surface area contributed by atoms with Crippen molar-refractivity contribution in [3.05, 3.63) is 0 Å². The fraction of sp³-hybridized carbons (Fsp3) is 0.923. The van der Waals surface area contributed by atoms with Crippen molar-refractivity contribution < 1.29 is 9.90 Å². The normalized spacial score (nSPS) is 17.9. The lowest BCUT2D eigenvalue weighted by atomic mass is 9.63. The molecule has 90 valence electrons. The average Bonchev–Trinajstić information content (AvgIpc) is 2.15. The summed E-state index contributed by atoms with van der Waals surface area (Å²) in [5, 5.41) is 8.88. The fourth-order valence-electron chi connectivity index (χ4n) is 2.17. The van der Waals surface area contributed by atoms with Gasteiger partial charge in [0.1, 0.15) is 5.78 Å². The third-order valence-electron chi connectivity index (χ3n) is 4.08. The molecule has 0 amide bonds. The predicted octanol–water partition coefficient (Wildman–Crippen LogP) is 2.89. The topological polar surface area (TPSA) is 37.3 Å². The highest BCUT2D eigenvalue weighted by atomic mass is 16.3. The first-order valence-corrected chi connectivity index (χ1v) is 5.92. The Kier molecular flexibility index (Phi) is 5.50. The fourth-order valence-corrected chi connectivity index (χ4v) is 2.17. The van der Waals surface area contributed by atoms with E-state index in [-0.39, 0.29) is 24.2 Å². The van der Waals surface area contributed by atoms with Crippen LogP contribution in [0.15, 0.2) is 0 Å². The molecule has 2 nitrogen and oxygen atoms in total. The summed E-state index contributed by atoms with van der Waals surface area (Å²) in [5.41, 5.74) is -0.309. The minimum Gasteiger partial charge on any atom is -0.396 e. The maximum absolute atomic E-state index is 12.1. The third kappa shape index (κ3) is 3.04. The van der Waals surface area contributed by atoms with E-state index in [2.05, 4.69) is 34.6 Å². The van der Waals surface area contributed by atoms with Crippen molar-refractivity contribution in [2.24, 2.45) is 23.2 Å². The minimum absolute atomic E-state index is 0.0358. The van der Waals surface area contributed by atoms with Crippen LogP contribution < -0.4 is 0 Å². The van der Waals surface area contributed by atoms with Gasteiger partial charge in [-0.3, -0.25) is 4.79 Å². The average molecular weight is 214 g/mol. The van der Waals surface area contributed by atoms with Gasteiger partial charge in [0.15, 0.2) is 0 Å². The monoisotopic (exact) mass is 214 g/mol. The van der Waals surface area contributed by atoms with Gasteiger partial charge < -0.3 is 5.11 Å². The third-order valence-corrected chi connectivity index (χ3v) is 4.08. The Hall–Kier alpha value is -0.370. The van der Waals surface area contributed by atoms with Gasteiger partial charge in [-0.2, -0.15) is 0 Å². The lowest BCUT2D eigenvalue weighted by Gasteiger charge is -2.40. The van der Waals surface area contributed by atoms with Crippen molar-refractivity contribution in [3.8, 4) is 0 Å². The first kappa shape index (κ1) is 14.6. The Labute approximate surface area is 94.1 Å². The van der Waals surface area contributed by atoms with E-state index < -0.39 is 0 Å². The zero-order valence-corrected chi connectivity index (χ0v) is 11.0. The first-order valence-electron chi connectivity index (χ1n) is 5.92. The van der Waals surface area contributed by atoms with E-state index in [0.29, 0.717) is 17.8 Å². The number of Topliss-reactive ketones (excluding diaryl/α,β-unsaturated/α-hetero) is 1. The molecule has 0 spiro atoms. The minimum atomic E-state index is -0.309. The number of hydrogen-bond acceptors (Lipinski definition) is 2. The second-order valence-electron chi connectivity index (χ2n) is 5.37. The van der Waals surface area contributed by atoms with Crippen molar-refractivity contribution in [1.82, 2.24) is 0 Å². The Balaban J connectivity index is 4.97. The molecule has 2 atom stereocenters. The van der Waals surface area contributed by atoms with Crippen LogP contribution in [0.25, 0.3) is 0 Å². The highest BCUT2D eigenvalue weighted by molar-refractivity contribution is 5.85. The lowest BCUT2D eigenvalue weighted by molar-refractivity contribution is -0.135. The molecule has 0 aliphatic carbocycles. The zero-order chi connectivity index (χ0) is 12.2. The first-order chi connectivity index (χ1) is 6.78. The Morgan fingerprint density at radius 2 is 1.67 bits per heavy atom. The van der Waals surface area contributed by atoms with Gasteiger partial charge in [0.2, 0.25) is 0 Å². The SMILES string of the molecule is CC(C)C(C)C(C)(C(=O)CCO)C(C)C. The maximum Gasteiger partial charge on any atom is 0.141 e. The summed E-state index contributed by atoms with van der Waals surface area (Å²) in [6, 6.07) is 0. The number of aliphatic hydroxyl groups is 1. The van der Waals surface area contributed by atoms with Crippen LogP contribution >= 0.6 is 0 Å². The number of ketones is 1. The number of rotatable bonds is 6. The Morgan fingerprint density at radius 1 is 1.20 bits per heavy atom. The second kappa shape index (κ2) is 5.64. The van der Waals surface area contributed by atoms with Crippen LogP contribution in [0.4, 0.5) is 0 Å². The van der Waals surface area contributed by atoms with Gasteiger partial charge in [0, 0.05) is 18.4 Å². The second-order valence-corrected chi connectivity index (χ2v) is 5.37. The molecule has 0 aliphatic rings. The lowest BCUT2D eigenvalue weighted by Crippen LogP contribution is -2.41. The number of carbonyl (C=O) groups excluding carboxylic acids is 1. The van der Waals surface area contributed by atoms with Crippen LogP contribution in [-0.2, 0) is 4.79 Å². The molecule has 0 saturated carbocycles. The summed E-state index contributed by atoms with van der Waals surface area (Å²) in [5.74, 6) is 1.34. The van der Waals surface area contributed by atoms with Crippen LogP contribution in [-0.4, -0.2) is 17.5 Å². The van der Waals surface area contributed by atoms with Crippen LogP contribution in [0.5, 0.6) is 0 Å². The molecule has 0 aromatic heterocycles. The molecule has 15 heavy (non-hydrogen) atoms. The van der Waals surface area contributed by atoms with E-state index in [9.17, 15) is 4.79 Å². The molecule has 0 heterocycles. The van der Waals surface area contributed by atoms with Crippen LogP contribution in [0.2, 0.25) is 0 Å². The zero-order valence-electron chi connectivity index (χ0n) is 11.0. The number of carbonyl (C=O) groups is 1. The number of aliphatic hydroxyl groups excluding tert-OH is 1. The summed E-state index contributed by atoms with van der Waals surface area (Å²) in [7, 11) is 0. The van der Waals surface area contributed by atoms with Gasteiger partial charge in [-0.15, -0.1) is 0 Å². The summed E-state index contributed by atoms with van der Waals surface area (Å²) < 4.78 is 0.